The van der Waals surface area contributed by atoms with Gasteiger partial charge in [0.1, 0.15) is 0 Å². The van der Waals surface area contributed by atoms with Gasteiger partial charge >= 0.3 is 5.97 Å². The first kappa shape index (κ1) is 22.5. The van der Waals surface area contributed by atoms with Gasteiger partial charge in [0, 0.05) is 18.7 Å². The van der Waals surface area contributed by atoms with Crippen LogP contribution in [0.5, 0.6) is 0 Å². The molecule has 0 aliphatic carbocycles. The van der Waals surface area contributed by atoms with Crippen LogP contribution in [0.15, 0.2) is 70.6 Å². The monoisotopic (exact) mass is 440 g/mol. The Hall–Kier alpha value is -2.15. The molecule has 0 saturated heterocycles. The molecule has 2 aromatic carbocycles. The first-order valence-corrected chi connectivity index (χ1v) is 11.9. The van der Waals surface area contributed by atoms with Gasteiger partial charge in [-0.15, -0.1) is 11.3 Å². The lowest BCUT2D eigenvalue weighted by molar-refractivity contribution is -0.138. The highest BCUT2D eigenvalue weighted by Gasteiger charge is 2.12. The highest BCUT2D eigenvalue weighted by atomic mass is 32.2. The van der Waals surface area contributed by atoms with E-state index in [0.717, 1.165) is 42.2 Å². The molecule has 1 aromatic heterocycles. The predicted octanol–water partition coefficient (Wildman–Crippen LogP) is 6.49. The molecular weight excluding hydrogens is 412 g/mol. The summed E-state index contributed by atoms with van der Waals surface area (Å²) in [6.45, 7) is 5.90. The minimum Gasteiger partial charge on any atom is -0.463 e. The molecule has 0 N–H and O–H groups in total. The number of carbonyl (C=O) groups excluding carboxylic acids is 1. The van der Waals surface area contributed by atoms with Gasteiger partial charge in [-0.3, -0.25) is 0 Å². The molecule has 4 nitrogen and oxygen atoms in total. The molecule has 1 heterocycles. The number of fused-ring (bicyclic) bond motifs is 1. The van der Waals surface area contributed by atoms with Gasteiger partial charge in [0.15, 0.2) is 4.34 Å². The number of carbonyl (C=O) groups is 1. The maximum atomic E-state index is 11.7. The van der Waals surface area contributed by atoms with Crippen molar-refractivity contribution in [3.8, 4) is 0 Å². The van der Waals surface area contributed by atoms with Crippen molar-refractivity contribution in [3.05, 3.63) is 71.8 Å². The van der Waals surface area contributed by atoms with Gasteiger partial charge in [-0.2, -0.15) is 0 Å². The molecule has 0 aliphatic rings. The number of rotatable bonds is 11. The van der Waals surface area contributed by atoms with E-state index in [0.29, 0.717) is 12.2 Å². The fourth-order valence-corrected chi connectivity index (χ4v) is 5.25. The third-order valence-electron chi connectivity index (χ3n) is 4.59. The van der Waals surface area contributed by atoms with Gasteiger partial charge in [0.25, 0.3) is 0 Å². The molecule has 0 atom stereocenters. The smallest absolute Gasteiger partial charge is 0.333 e. The molecule has 0 radical (unpaired) electrons. The third kappa shape index (κ3) is 6.97. The molecule has 6 heteroatoms. The van der Waals surface area contributed by atoms with E-state index in [9.17, 15) is 4.79 Å². The summed E-state index contributed by atoms with van der Waals surface area (Å²) in [6, 6.07) is 18.8. The summed E-state index contributed by atoms with van der Waals surface area (Å²) in [5.74, 6) is -0.213. The summed E-state index contributed by atoms with van der Waals surface area (Å²) < 4.78 is 9.71. The van der Waals surface area contributed by atoms with E-state index < -0.39 is 0 Å². The van der Waals surface area contributed by atoms with Crippen molar-refractivity contribution < 1.29 is 9.53 Å². The number of thiazole rings is 1. The molecule has 0 amide bonds. The van der Waals surface area contributed by atoms with Gasteiger partial charge < -0.3 is 4.74 Å². The average molecular weight is 441 g/mol. The lowest BCUT2D eigenvalue weighted by Gasteiger charge is -2.19. The summed E-state index contributed by atoms with van der Waals surface area (Å²) in [6.07, 6.45) is 4.95. The Bertz CT molecular complexity index is 937. The van der Waals surface area contributed by atoms with Crippen LogP contribution < -0.4 is 0 Å². The molecule has 30 heavy (non-hydrogen) atoms. The Labute approximate surface area is 187 Å². The van der Waals surface area contributed by atoms with E-state index in [1.165, 1.54) is 10.3 Å². The van der Waals surface area contributed by atoms with E-state index in [2.05, 4.69) is 46.8 Å². The first-order valence-electron chi connectivity index (χ1n) is 10.3. The lowest BCUT2D eigenvalue weighted by Crippen LogP contribution is -2.16. The number of benzene rings is 2. The largest absolute Gasteiger partial charge is 0.463 e. The molecule has 0 spiro atoms. The van der Waals surface area contributed by atoms with Crippen LogP contribution in [-0.2, 0) is 16.1 Å². The predicted molar refractivity (Wildman–Crippen MR) is 127 cm³/mol. The highest BCUT2D eigenvalue weighted by molar-refractivity contribution is 7.98. The number of hydrogen-bond donors (Lipinski definition) is 0. The summed E-state index contributed by atoms with van der Waals surface area (Å²) >= 11 is 3.48. The molecule has 0 unspecified atom stereocenters. The van der Waals surface area contributed by atoms with Crippen molar-refractivity contribution in [2.24, 2.45) is 0 Å². The quantitative estimate of drug-likeness (QED) is 0.148. The summed E-state index contributed by atoms with van der Waals surface area (Å²) in [5, 5.41) is 0. The van der Waals surface area contributed by atoms with E-state index >= 15 is 0 Å². The second-order valence-corrected chi connectivity index (χ2v) is 9.37. The maximum Gasteiger partial charge on any atom is 0.333 e. The Balaban J connectivity index is 1.57. The Kier molecular flexibility index (Phi) is 8.93. The fourth-order valence-electron chi connectivity index (χ4n) is 3.02. The van der Waals surface area contributed by atoms with Gasteiger partial charge in [0.05, 0.1) is 16.8 Å². The minimum atomic E-state index is -0.213. The molecular formula is C24H28N2O2S2. The van der Waals surface area contributed by atoms with Crippen molar-refractivity contribution in [3.63, 3.8) is 0 Å². The van der Waals surface area contributed by atoms with Gasteiger partial charge in [-0.05, 0) is 62.8 Å². The first-order chi connectivity index (χ1) is 14.7. The second kappa shape index (κ2) is 11.9. The zero-order valence-electron chi connectivity index (χ0n) is 17.5. The average Bonchev–Trinajstić information content (AvgIpc) is 3.16. The molecule has 0 fully saturated rings. The van der Waals surface area contributed by atoms with Gasteiger partial charge in [-0.1, -0.05) is 48.5 Å². The Morgan fingerprint density at radius 3 is 2.67 bits per heavy atom. The molecule has 0 aliphatic heterocycles. The number of ether oxygens (including phenoxy) is 1. The zero-order chi connectivity index (χ0) is 21.2. The van der Waals surface area contributed by atoms with E-state index in [4.69, 9.17) is 9.72 Å². The highest BCUT2D eigenvalue weighted by Crippen LogP contribution is 2.32. The van der Waals surface area contributed by atoms with Crippen LogP contribution in [0.2, 0.25) is 0 Å². The number of aromatic nitrogens is 1. The number of para-hydroxylation sites is 1. The molecule has 158 valence electrons. The minimum absolute atomic E-state index is 0.213. The number of esters is 1. The van der Waals surface area contributed by atoms with Crippen LogP contribution in [-0.4, -0.2) is 28.4 Å². The number of unbranched alkanes of at least 4 members (excludes halogenated alkanes) is 2. The third-order valence-corrected chi connectivity index (χ3v) is 6.71. The fraction of sp³-hybridized carbons (Fsp3) is 0.333. The van der Waals surface area contributed by atoms with E-state index in [1.54, 1.807) is 23.3 Å². The van der Waals surface area contributed by atoms with Crippen LogP contribution in [0, 0.1) is 0 Å². The summed E-state index contributed by atoms with van der Waals surface area (Å²) in [7, 11) is 0. The zero-order valence-corrected chi connectivity index (χ0v) is 19.2. The van der Waals surface area contributed by atoms with Crippen molar-refractivity contribution >= 4 is 39.5 Å². The standard InChI is InChI=1S/C24H28N2O2S2/c1-3-28-23(27)19(2)12-6-5-11-17-26(18-20-13-7-4-8-14-20)30-24-25-21-15-9-10-16-22(21)29-24/h4,7-10,12-16H,3,5-6,11,17-18H2,1-2H3/b19-12+. The number of allylic oxidation sites excluding steroid dienone is 1. The molecule has 3 aromatic rings. The molecule has 0 bridgehead atoms. The van der Waals surface area contributed by atoms with Crippen LogP contribution in [0.25, 0.3) is 10.2 Å². The van der Waals surface area contributed by atoms with Crippen molar-refractivity contribution in [1.82, 2.24) is 9.29 Å². The summed E-state index contributed by atoms with van der Waals surface area (Å²) in [5.41, 5.74) is 3.05. The molecule has 0 saturated carbocycles. The van der Waals surface area contributed by atoms with Gasteiger partial charge in [-0.25, -0.2) is 14.1 Å². The van der Waals surface area contributed by atoms with Gasteiger partial charge in [0.2, 0.25) is 0 Å². The Morgan fingerprint density at radius 2 is 1.90 bits per heavy atom. The van der Waals surface area contributed by atoms with Crippen molar-refractivity contribution in [1.29, 1.82) is 0 Å². The molecule has 3 rings (SSSR count). The maximum absolute atomic E-state index is 11.7. The lowest BCUT2D eigenvalue weighted by atomic mass is 10.1. The summed E-state index contributed by atoms with van der Waals surface area (Å²) in [4.78, 5) is 16.5. The van der Waals surface area contributed by atoms with Crippen LogP contribution in [0.4, 0.5) is 0 Å². The number of nitrogens with zero attached hydrogens (tertiary/aromatic N) is 2. The van der Waals surface area contributed by atoms with Crippen molar-refractivity contribution in [2.75, 3.05) is 13.2 Å². The van der Waals surface area contributed by atoms with Crippen molar-refractivity contribution in [2.45, 2.75) is 44.0 Å². The number of hydrogen-bond acceptors (Lipinski definition) is 6. The second-order valence-electron chi connectivity index (χ2n) is 6.99. The SMILES string of the molecule is CCOC(=O)/C(C)=C/CCCCN(Cc1ccccc1)Sc1nc2ccccc2s1. The normalized spacial score (nSPS) is 11.9. The van der Waals surface area contributed by atoms with Crippen LogP contribution >= 0.6 is 23.3 Å². The topological polar surface area (TPSA) is 42.4 Å². The van der Waals surface area contributed by atoms with E-state index in [1.807, 2.05) is 32.1 Å². The Morgan fingerprint density at radius 1 is 1.13 bits per heavy atom. The van der Waals surface area contributed by atoms with Crippen LogP contribution in [0.1, 0.15) is 38.7 Å². The van der Waals surface area contributed by atoms with E-state index in [-0.39, 0.29) is 5.97 Å². The van der Waals surface area contributed by atoms with Crippen LogP contribution in [0.3, 0.4) is 0 Å².